The van der Waals surface area contributed by atoms with E-state index in [1.807, 2.05) is 13.1 Å². The third-order valence-electron chi connectivity index (χ3n) is 5.06. The molecule has 2 aliphatic heterocycles. The molecule has 0 radical (unpaired) electrons. The number of piperidine rings is 1. The highest BCUT2D eigenvalue weighted by molar-refractivity contribution is 5.78. The number of aliphatic hydroxyl groups excluding tert-OH is 1. The van der Waals surface area contributed by atoms with Gasteiger partial charge in [0.25, 0.3) is 0 Å². The lowest BCUT2D eigenvalue weighted by Crippen LogP contribution is -2.52. The van der Waals surface area contributed by atoms with E-state index in [1.165, 1.54) is 0 Å². The van der Waals surface area contributed by atoms with Crippen LogP contribution in [0.15, 0.2) is 30.3 Å². The fourth-order valence-corrected chi connectivity index (χ4v) is 3.70. The Kier molecular flexibility index (Phi) is 4.45. The fraction of sp³-hybridized carbons (Fsp3) is 0.588. The van der Waals surface area contributed by atoms with Gasteiger partial charge in [-0.1, -0.05) is 30.3 Å². The molecule has 5 atom stereocenters. The van der Waals surface area contributed by atoms with E-state index in [0.29, 0.717) is 18.0 Å². The molecule has 1 N–H and O–H groups in total. The van der Waals surface area contributed by atoms with Crippen LogP contribution in [-0.2, 0) is 9.53 Å². The van der Waals surface area contributed by atoms with Crippen molar-refractivity contribution in [3.63, 3.8) is 0 Å². The lowest BCUT2D eigenvalue weighted by atomic mass is 9.97. The number of ether oxygens (including phenoxy) is 1. The Morgan fingerprint density at radius 2 is 2.14 bits per heavy atom. The molecule has 2 bridgehead atoms. The first-order valence-electron chi connectivity index (χ1n) is 7.84. The number of alkyl halides is 1. The molecule has 1 aromatic rings. The number of aliphatic hydroxyl groups is 1. The third kappa shape index (κ3) is 2.75. The first-order valence-corrected chi connectivity index (χ1v) is 7.84. The van der Waals surface area contributed by atoms with E-state index in [4.69, 9.17) is 4.74 Å². The summed E-state index contributed by atoms with van der Waals surface area (Å²) in [5, 5.41) is 9.50. The molecule has 5 heteroatoms. The first-order chi connectivity index (χ1) is 10.6. The first kappa shape index (κ1) is 15.4. The van der Waals surface area contributed by atoms with Crippen molar-refractivity contribution in [2.45, 2.75) is 49.5 Å². The third-order valence-corrected chi connectivity index (χ3v) is 5.06. The number of benzene rings is 1. The van der Waals surface area contributed by atoms with Crippen LogP contribution in [-0.4, -0.2) is 54.0 Å². The van der Waals surface area contributed by atoms with Gasteiger partial charge >= 0.3 is 5.97 Å². The highest BCUT2D eigenvalue weighted by Crippen LogP contribution is 2.37. The molecular formula is C17H22FNO3. The van der Waals surface area contributed by atoms with Crippen molar-refractivity contribution in [2.75, 3.05) is 13.7 Å². The minimum Gasteiger partial charge on any atom is -0.459 e. The van der Waals surface area contributed by atoms with Gasteiger partial charge in [0.05, 0.1) is 6.61 Å². The second-order valence-electron chi connectivity index (χ2n) is 6.27. The van der Waals surface area contributed by atoms with E-state index < -0.39 is 24.2 Å². The fourth-order valence-electron chi connectivity index (χ4n) is 3.70. The van der Waals surface area contributed by atoms with Crippen LogP contribution in [0.3, 0.4) is 0 Å². The maximum atomic E-state index is 14.5. The molecule has 4 nitrogen and oxygen atoms in total. The van der Waals surface area contributed by atoms with E-state index in [-0.39, 0.29) is 12.6 Å². The second-order valence-corrected chi connectivity index (χ2v) is 6.27. The molecular weight excluding hydrogens is 285 g/mol. The van der Waals surface area contributed by atoms with Crippen LogP contribution in [0.5, 0.6) is 0 Å². The number of rotatable bonds is 4. The van der Waals surface area contributed by atoms with Crippen LogP contribution in [0.4, 0.5) is 4.39 Å². The number of carbonyl (C=O) groups is 1. The standard InChI is InChI=1S/C17H22FNO3/c1-19-12-7-8-14(19)16(18)15(9-12)22-17(21)13(10-20)11-5-3-2-4-6-11/h2-6,12-16,20H,7-10H2,1H3/t12?,13-,14?,15?,16?/m1/s1. The summed E-state index contributed by atoms with van der Waals surface area (Å²) in [4.78, 5) is 14.4. The van der Waals surface area contributed by atoms with Crippen molar-refractivity contribution in [3.05, 3.63) is 35.9 Å². The quantitative estimate of drug-likeness (QED) is 0.863. The van der Waals surface area contributed by atoms with Crippen molar-refractivity contribution in [2.24, 2.45) is 0 Å². The highest BCUT2D eigenvalue weighted by Gasteiger charge is 2.48. The Hall–Kier alpha value is -1.46. The highest BCUT2D eigenvalue weighted by atomic mass is 19.1. The van der Waals surface area contributed by atoms with E-state index >= 15 is 0 Å². The Balaban J connectivity index is 1.69. The topological polar surface area (TPSA) is 49.8 Å². The zero-order valence-electron chi connectivity index (χ0n) is 12.7. The van der Waals surface area contributed by atoms with E-state index in [9.17, 15) is 14.3 Å². The zero-order valence-corrected chi connectivity index (χ0v) is 12.7. The molecule has 0 saturated carbocycles. The van der Waals surface area contributed by atoms with Crippen LogP contribution in [0.25, 0.3) is 0 Å². The molecule has 120 valence electrons. The molecule has 22 heavy (non-hydrogen) atoms. The van der Waals surface area contributed by atoms with Gasteiger partial charge in [-0.05, 0) is 25.5 Å². The predicted octanol–water partition coefficient (Wildman–Crippen LogP) is 1.88. The van der Waals surface area contributed by atoms with Gasteiger partial charge in [0.2, 0.25) is 0 Å². The Morgan fingerprint density at radius 3 is 2.82 bits per heavy atom. The molecule has 2 heterocycles. The van der Waals surface area contributed by atoms with E-state index in [0.717, 1.165) is 12.8 Å². The number of nitrogens with zero attached hydrogens (tertiary/aromatic N) is 1. The van der Waals surface area contributed by atoms with E-state index in [1.54, 1.807) is 24.3 Å². The molecule has 2 fully saturated rings. The smallest absolute Gasteiger partial charge is 0.316 e. The number of hydrogen-bond donors (Lipinski definition) is 1. The normalized spacial score (nSPS) is 32.7. The second kappa shape index (κ2) is 6.34. The van der Waals surface area contributed by atoms with Gasteiger partial charge in [-0.2, -0.15) is 0 Å². The monoisotopic (exact) mass is 307 g/mol. The summed E-state index contributed by atoms with van der Waals surface area (Å²) in [6.07, 6.45) is 0.463. The average molecular weight is 307 g/mol. The maximum Gasteiger partial charge on any atom is 0.316 e. The molecule has 4 unspecified atom stereocenters. The van der Waals surface area contributed by atoms with Crippen molar-refractivity contribution in [1.29, 1.82) is 0 Å². The predicted molar refractivity (Wildman–Crippen MR) is 80.2 cm³/mol. The molecule has 2 aliphatic rings. The van der Waals surface area contributed by atoms with Crippen LogP contribution in [0.1, 0.15) is 30.7 Å². The Labute approximate surface area is 129 Å². The minimum atomic E-state index is -1.15. The number of halogens is 1. The molecule has 0 amide bonds. The average Bonchev–Trinajstić information content (AvgIpc) is 2.79. The van der Waals surface area contributed by atoms with Crippen LogP contribution < -0.4 is 0 Å². The molecule has 2 saturated heterocycles. The molecule has 1 aromatic carbocycles. The van der Waals surface area contributed by atoms with Gasteiger partial charge in [-0.25, -0.2) is 4.39 Å². The van der Waals surface area contributed by atoms with Gasteiger partial charge in [0.1, 0.15) is 12.0 Å². The van der Waals surface area contributed by atoms with Gasteiger partial charge in [-0.3, -0.25) is 9.69 Å². The summed E-state index contributed by atoms with van der Waals surface area (Å²) in [5.74, 6) is -1.28. The number of fused-ring (bicyclic) bond motifs is 2. The lowest BCUT2D eigenvalue weighted by molar-refractivity contribution is -0.161. The zero-order chi connectivity index (χ0) is 15.7. The van der Waals surface area contributed by atoms with Gasteiger partial charge in [-0.15, -0.1) is 0 Å². The number of carbonyl (C=O) groups excluding carboxylic acids is 1. The van der Waals surface area contributed by atoms with Crippen LogP contribution in [0.2, 0.25) is 0 Å². The minimum absolute atomic E-state index is 0.152. The summed E-state index contributed by atoms with van der Waals surface area (Å²) in [7, 11) is 1.94. The molecule has 0 spiro atoms. The summed E-state index contributed by atoms with van der Waals surface area (Å²) in [6.45, 7) is -0.334. The van der Waals surface area contributed by atoms with E-state index in [2.05, 4.69) is 4.90 Å². The van der Waals surface area contributed by atoms with Crippen LogP contribution in [0, 0.1) is 0 Å². The number of esters is 1. The Morgan fingerprint density at radius 1 is 1.41 bits per heavy atom. The molecule has 0 aromatic heterocycles. The summed E-state index contributed by atoms with van der Waals surface area (Å²) < 4.78 is 20.0. The summed E-state index contributed by atoms with van der Waals surface area (Å²) >= 11 is 0. The lowest BCUT2D eigenvalue weighted by Gasteiger charge is -2.38. The summed E-state index contributed by atoms with van der Waals surface area (Å²) in [5.41, 5.74) is 0.696. The van der Waals surface area contributed by atoms with Crippen molar-refractivity contribution < 1.29 is 19.0 Å². The van der Waals surface area contributed by atoms with Crippen molar-refractivity contribution in [3.8, 4) is 0 Å². The molecule has 3 rings (SSSR count). The number of hydrogen-bond acceptors (Lipinski definition) is 4. The van der Waals surface area contributed by atoms with Crippen LogP contribution >= 0.6 is 0 Å². The molecule has 0 aliphatic carbocycles. The van der Waals surface area contributed by atoms with Crippen molar-refractivity contribution >= 4 is 5.97 Å². The summed E-state index contributed by atoms with van der Waals surface area (Å²) in [6, 6.07) is 9.13. The van der Waals surface area contributed by atoms with Gasteiger partial charge in [0, 0.05) is 18.5 Å². The Bertz CT molecular complexity index is 524. The SMILES string of the molecule is CN1C2CCC1C(F)C(OC(=O)[C@H](CO)c1ccccc1)C2. The van der Waals surface area contributed by atoms with Gasteiger partial charge < -0.3 is 9.84 Å². The van der Waals surface area contributed by atoms with Gasteiger partial charge in [0.15, 0.2) is 6.17 Å². The maximum absolute atomic E-state index is 14.5. The largest absolute Gasteiger partial charge is 0.459 e. The van der Waals surface area contributed by atoms with Crippen molar-refractivity contribution in [1.82, 2.24) is 4.90 Å².